The van der Waals surface area contributed by atoms with Gasteiger partial charge in [-0.25, -0.2) is 0 Å². The van der Waals surface area contributed by atoms with Gasteiger partial charge in [-0.2, -0.15) is 5.26 Å². The SMILES string of the molecule is Cc1ccc(OC2CCC(C#N)(NC3CC3)C2)cc1C. The van der Waals surface area contributed by atoms with Crippen molar-refractivity contribution >= 4 is 0 Å². The number of ether oxygens (including phenoxy) is 1. The number of nitriles is 1. The first-order valence-electron chi connectivity index (χ1n) is 7.53. The Hall–Kier alpha value is -1.53. The summed E-state index contributed by atoms with van der Waals surface area (Å²) in [5, 5.41) is 13.0. The summed E-state index contributed by atoms with van der Waals surface area (Å²) >= 11 is 0. The molecule has 3 heteroatoms. The van der Waals surface area contributed by atoms with Crippen molar-refractivity contribution in [1.82, 2.24) is 5.32 Å². The number of aryl methyl sites for hydroxylation is 2. The Kier molecular flexibility index (Phi) is 3.43. The molecule has 0 saturated heterocycles. The van der Waals surface area contributed by atoms with E-state index >= 15 is 0 Å². The third-order valence-corrected chi connectivity index (χ3v) is 4.52. The molecular formula is C17H22N2O. The van der Waals surface area contributed by atoms with Gasteiger partial charge in [0.15, 0.2) is 0 Å². The predicted molar refractivity (Wildman–Crippen MR) is 78.7 cm³/mol. The Balaban J connectivity index is 1.64. The van der Waals surface area contributed by atoms with E-state index in [2.05, 4.69) is 37.4 Å². The maximum atomic E-state index is 9.49. The molecule has 2 atom stereocenters. The second-order valence-electron chi connectivity index (χ2n) is 6.34. The van der Waals surface area contributed by atoms with Crippen LogP contribution in [0.1, 0.15) is 43.2 Å². The van der Waals surface area contributed by atoms with Crippen LogP contribution in [0.4, 0.5) is 0 Å². The van der Waals surface area contributed by atoms with E-state index in [0.717, 1.165) is 25.0 Å². The molecule has 2 fully saturated rings. The van der Waals surface area contributed by atoms with E-state index < -0.39 is 0 Å². The van der Waals surface area contributed by atoms with E-state index in [1.807, 2.05) is 6.07 Å². The minimum absolute atomic E-state index is 0.156. The Morgan fingerprint density at radius 2 is 2.05 bits per heavy atom. The zero-order valence-electron chi connectivity index (χ0n) is 12.3. The molecule has 2 saturated carbocycles. The summed E-state index contributed by atoms with van der Waals surface area (Å²) in [6, 6.07) is 9.28. The quantitative estimate of drug-likeness (QED) is 0.913. The van der Waals surface area contributed by atoms with Gasteiger partial charge in [0.1, 0.15) is 17.4 Å². The van der Waals surface area contributed by atoms with Gasteiger partial charge in [-0.1, -0.05) is 6.07 Å². The minimum Gasteiger partial charge on any atom is -0.490 e. The van der Waals surface area contributed by atoms with E-state index in [0.29, 0.717) is 6.04 Å². The molecule has 1 aromatic carbocycles. The first-order chi connectivity index (χ1) is 9.60. The van der Waals surface area contributed by atoms with Crippen molar-refractivity contribution in [2.45, 2.75) is 63.6 Å². The molecule has 20 heavy (non-hydrogen) atoms. The fourth-order valence-electron chi connectivity index (χ4n) is 2.96. The number of nitrogens with zero attached hydrogens (tertiary/aromatic N) is 1. The molecule has 2 unspecified atom stereocenters. The Morgan fingerprint density at radius 1 is 1.25 bits per heavy atom. The summed E-state index contributed by atoms with van der Waals surface area (Å²) in [5.74, 6) is 0.929. The van der Waals surface area contributed by atoms with Crippen LogP contribution < -0.4 is 10.1 Å². The van der Waals surface area contributed by atoms with Crippen LogP contribution in [0.15, 0.2) is 18.2 Å². The van der Waals surface area contributed by atoms with E-state index in [1.165, 1.54) is 24.0 Å². The number of nitrogens with one attached hydrogen (secondary N) is 1. The second kappa shape index (κ2) is 5.10. The van der Waals surface area contributed by atoms with Crippen LogP contribution in [0.5, 0.6) is 5.75 Å². The minimum atomic E-state index is -0.356. The molecule has 3 nitrogen and oxygen atoms in total. The number of hydrogen-bond donors (Lipinski definition) is 1. The summed E-state index contributed by atoms with van der Waals surface area (Å²) in [6.45, 7) is 4.21. The van der Waals surface area contributed by atoms with Crippen LogP contribution in [-0.2, 0) is 0 Å². The van der Waals surface area contributed by atoms with Gasteiger partial charge in [-0.15, -0.1) is 0 Å². The van der Waals surface area contributed by atoms with Gasteiger partial charge < -0.3 is 4.74 Å². The zero-order chi connectivity index (χ0) is 14.2. The maximum Gasteiger partial charge on any atom is 0.120 e. The van der Waals surface area contributed by atoms with Crippen molar-refractivity contribution in [3.8, 4) is 11.8 Å². The summed E-state index contributed by atoms with van der Waals surface area (Å²) in [7, 11) is 0. The second-order valence-corrected chi connectivity index (χ2v) is 6.34. The Labute approximate surface area is 120 Å². The van der Waals surface area contributed by atoms with Crippen molar-refractivity contribution in [2.24, 2.45) is 0 Å². The molecule has 0 amide bonds. The molecule has 0 aromatic heterocycles. The summed E-state index contributed by atoms with van der Waals surface area (Å²) in [6.07, 6.45) is 5.24. The largest absolute Gasteiger partial charge is 0.490 e. The zero-order valence-corrected chi connectivity index (χ0v) is 12.3. The third kappa shape index (κ3) is 2.81. The number of hydrogen-bond acceptors (Lipinski definition) is 3. The highest BCUT2D eigenvalue weighted by atomic mass is 16.5. The Bertz CT molecular complexity index is 544. The highest BCUT2D eigenvalue weighted by Gasteiger charge is 2.43. The van der Waals surface area contributed by atoms with Crippen LogP contribution >= 0.6 is 0 Å². The van der Waals surface area contributed by atoms with E-state index in [1.54, 1.807) is 0 Å². The smallest absolute Gasteiger partial charge is 0.120 e. The van der Waals surface area contributed by atoms with Gasteiger partial charge >= 0.3 is 0 Å². The Morgan fingerprint density at radius 3 is 2.70 bits per heavy atom. The van der Waals surface area contributed by atoms with Crippen LogP contribution in [-0.4, -0.2) is 17.7 Å². The average molecular weight is 270 g/mol. The standard InChI is InChI=1S/C17H22N2O/c1-12-3-6-15(9-13(12)2)20-16-7-8-17(10-16,11-18)19-14-4-5-14/h3,6,9,14,16,19H,4-5,7-8,10H2,1-2H3. The topological polar surface area (TPSA) is 45.0 Å². The molecule has 0 radical (unpaired) electrons. The van der Waals surface area contributed by atoms with Crippen LogP contribution in [0.25, 0.3) is 0 Å². The van der Waals surface area contributed by atoms with Gasteiger partial charge in [-0.3, -0.25) is 5.32 Å². The molecule has 0 aliphatic heterocycles. The highest BCUT2D eigenvalue weighted by molar-refractivity contribution is 5.34. The third-order valence-electron chi connectivity index (χ3n) is 4.52. The first-order valence-corrected chi connectivity index (χ1v) is 7.53. The fourth-order valence-corrected chi connectivity index (χ4v) is 2.96. The van der Waals surface area contributed by atoms with Gasteiger partial charge in [-0.05, 0) is 62.8 Å². The first kappa shape index (κ1) is 13.5. The molecule has 1 N–H and O–H groups in total. The maximum absolute atomic E-state index is 9.49. The molecule has 1 aromatic rings. The molecule has 0 bridgehead atoms. The van der Waals surface area contributed by atoms with Crippen molar-refractivity contribution < 1.29 is 4.74 Å². The van der Waals surface area contributed by atoms with Crippen molar-refractivity contribution in [3.05, 3.63) is 29.3 Å². The van der Waals surface area contributed by atoms with Gasteiger partial charge in [0.05, 0.1) is 6.07 Å². The van der Waals surface area contributed by atoms with Crippen LogP contribution in [0, 0.1) is 25.2 Å². The summed E-state index contributed by atoms with van der Waals surface area (Å²) in [5.41, 5.74) is 2.18. The lowest BCUT2D eigenvalue weighted by molar-refractivity contribution is 0.200. The molecule has 106 valence electrons. The summed E-state index contributed by atoms with van der Waals surface area (Å²) < 4.78 is 6.08. The van der Waals surface area contributed by atoms with E-state index in [9.17, 15) is 5.26 Å². The van der Waals surface area contributed by atoms with Crippen LogP contribution in [0.3, 0.4) is 0 Å². The average Bonchev–Trinajstić information content (AvgIpc) is 3.15. The van der Waals surface area contributed by atoms with E-state index in [4.69, 9.17) is 4.74 Å². The molecule has 0 heterocycles. The molecule has 3 rings (SSSR count). The highest BCUT2D eigenvalue weighted by Crippen LogP contribution is 2.35. The predicted octanol–water partition coefficient (Wildman–Crippen LogP) is 3.25. The van der Waals surface area contributed by atoms with Gasteiger partial charge in [0, 0.05) is 12.5 Å². The molecule has 2 aliphatic carbocycles. The van der Waals surface area contributed by atoms with Crippen molar-refractivity contribution in [3.63, 3.8) is 0 Å². The fraction of sp³-hybridized carbons (Fsp3) is 0.588. The van der Waals surface area contributed by atoms with Gasteiger partial charge in [0.2, 0.25) is 0 Å². The summed E-state index contributed by atoms with van der Waals surface area (Å²) in [4.78, 5) is 0. The van der Waals surface area contributed by atoms with Crippen molar-refractivity contribution in [1.29, 1.82) is 5.26 Å². The van der Waals surface area contributed by atoms with Crippen molar-refractivity contribution in [2.75, 3.05) is 0 Å². The van der Waals surface area contributed by atoms with Gasteiger partial charge in [0.25, 0.3) is 0 Å². The number of benzene rings is 1. The molecule has 2 aliphatic rings. The number of rotatable bonds is 4. The molecular weight excluding hydrogens is 248 g/mol. The van der Waals surface area contributed by atoms with E-state index in [-0.39, 0.29) is 11.6 Å². The normalized spacial score (nSPS) is 29.1. The lowest BCUT2D eigenvalue weighted by Gasteiger charge is -2.23. The monoisotopic (exact) mass is 270 g/mol. The lowest BCUT2D eigenvalue weighted by atomic mass is 9.99. The van der Waals surface area contributed by atoms with Crippen LogP contribution in [0.2, 0.25) is 0 Å². The lowest BCUT2D eigenvalue weighted by Crippen LogP contribution is -2.43. The molecule has 0 spiro atoms.